The van der Waals surface area contributed by atoms with Crippen molar-refractivity contribution in [2.45, 2.75) is 19.4 Å². The Morgan fingerprint density at radius 3 is 2.60 bits per heavy atom. The number of hydrogen-bond donors (Lipinski definition) is 1. The Hall–Kier alpha value is -1.93. The van der Waals surface area contributed by atoms with Crippen LogP contribution in [0.1, 0.15) is 19.5 Å². The first kappa shape index (κ1) is 11.1. The number of hydrogen-bond acceptors (Lipinski definition) is 4. The molecule has 0 bridgehead atoms. The van der Waals surface area contributed by atoms with Crippen LogP contribution >= 0.6 is 0 Å². The standard InChI is InChI=1S/C10H10N2O3/c1-10(2,13)6-5-8-3-4-9(7-11-8)12(14)15/h3-4,7,13H,1-2H3. The van der Waals surface area contributed by atoms with Gasteiger partial charge in [0.15, 0.2) is 0 Å². The molecule has 0 unspecified atom stereocenters. The first-order valence-electron chi connectivity index (χ1n) is 4.24. The highest BCUT2D eigenvalue weighted by Gasteiger charge is 2.07. The van der Waals surface area contributed by atoms with E-state index in [1.165, 1.54) is 12.1 Å². The number of nitro groups is 1. The SMILES string of the molecule is CC(C)(O)C#Cc1ccc([N+](=O)[O-])cn1. The van der Waals surface area contributed by atoms with Crippen molar-refractivity contribution in [3.05, 3.63) is 34.1 Å². The van der Waals surface area contributed by atoms with E-state index < -0.39 is 10.5 Å². The maximum absolute atomic E-state index is 10.3. The van der Waals surface area contributed by atoms with Gasteiger partial charge in [-0.1, -0.05) is 5.92 Å². The highest BCUT2D eigenvalue weighted by molar-refractivity contribution is 5.35. The van der Waals surface area contributed by atoms with Gasteiger partial charge < -0.3 is 5.11 Å². The normalized spacial score (nSPS) is 10.3. The molecule has 1 aromatic heterocycles. The first-order valence-corrected chi connectivity index (χ1v) is 4.24. The number of rotatable bonds is 1. The van der Waals surface area contributed by atoms with Crippen molar-refractivity contribution in [2.75, 3.05) is 0 Å². The van der Waals surface area contributed by atoms with Gasteiger partial charge in [-0.15, -0.1) is 0 Å². The second-order valence-electron chi connectivity index (χ2n) is 3.47. The summed E-state index contributed by atoms with van der Waals surface area (Å²) in [7, 11) is 0. The van der Waals surface area contributed by atoms with E-state index in [0.717, 1.165) is 6.20 Å². The molecular formula is C10H10N2O3. The molecule has 0 amide bonds. The van der Waals surface area contributed by atoms with Gasteiger partial charge >= 0.3 is 0 Å². The molecule has 78 valence electrons. The van der Waals surface area contributed by atoms with Crippen LogP contribution in [-0.4, -0.2) is 20.6 Å². The molecule has 1 rings (SSSR count). The minimum absolute atomic E-state index is 0.0798. The summed E-state index contributed by atoms with van der Waals surface area (Å²) < 4.78 is 0. The van der Waals surface area contributed by atoms with Gasteiger partial charge in [0.2, 0.25) is 0 Å². The van der Waals surface area contributed by atoms with Crippen LogP contribution in [0.4, 0.5) is 5.69 Å². The van der Waals surface area contributed by atoms with Crippen molar-refractivity contribution in [1.29, 1.82) is 0 Å². The van der Waals surface area contributed by atoms with E-state index in [4.69, 9.17) is 0 Å². The predicted octanol–water partition coefficient (Wildman–Crippen LogP) is 1.11. The second kappa shape index (κ2) is 4.07. The molecule has 0 saturated carbocycles. The van der Waals surface area contributed by atoms with Crippen molar-refractivity contribution in [3.63, 3.8) is 0 Å². The maximum atomic E-state index is 10.3. The monoisotopic (exact) mass is 206 g/mol. The third kappa shape index (κ3) is 3.75. The van der Waals surface area contributed by atoms with Crippen molar-refractivity contribution in [3.8, 4) is 11.8 Å². The van der Waals surface area contributed by atoms with Crippen LogP contribution in [0.15, 0.2) is 18.3 Å². The molecule has 0 fully saturated rings. The lowest BCUT2D eigenvalue weighted by Crippen LogP contribution is -2.14. The lowest BCUT2D eigenvalue weighted by atomic mass is 10.1. The molecular weight excluding hydrogens is 196 g/mol. The van der Waals surface area contributed by atoms with Crippen LogP contribution < -0.4 is 0 Å². The number of nitrogens with zero attached hydrogens (tertiary/aromatic N) is 2. The van der Waals surface area contributed by atoms with E-state index >= 15 is 0 Å². The number of aliphatic hydroxyl groups is 1. The maximum Gasteiger partial charge on any atom is 0.287 e. The van der Waals surface area contributed by atoms with Gasteiger partial charge in [-0.2, -0.15) is 0 Å². The molecule has 15 heavy (non-hydrogen) atoms. The highest BCUT2D eigenvalue weighted by atomic mass is 16.6. The van der Waals surface area contributed by atoms with Gasteiger partial charge in [-0.3, -0.25) is 10.1 Å². The van der Waals surface area contributed by atoms with Gasteiger partial charge in [-0.25, -0.2) is 4.98 Å². The molecule has 0 spiro atoms. The summed E-state index contributed by atoms with van der Waals surface area (Å²) in [6.45, 7) is 3.09. The summed E-state index contributed by atoms with van der Waals surface area (Å²) in [6.07, 6.45) is 1.13. The molecule has 0 radical (unpaired) electrons. The summed E-state index contributed by atoms with van der Waals surface area (Å²) >= 11 is 0. The van der Waals surface area contributed by atoms with E-state index in [2.05, 4.69) is 16.8 Å². The summed E-state index contributed by atoms with van der Waals surface area (Å²) in [5.41, 5.74) is -0.782. The molecule has 0 aliphatic carbocycles. The third-order valence-electron chi connectivity index (χ3n) is 1.46. The fourth-order valence-electron chi connectivity index (χ4n) is 0.785. The third-order valence-corrected chi connectivity index (χ3v) is 1.46. The summed E-state index contributed by atoms with van der Waals surface area (Å²) in [5, 5.41) is 19.6. The molecule has 0 atom stereocenters. The Kier molecular flexibility index (Phi) is 3.02. The molecule has 0 aliphatic heterocycles. The lowest BCUT2D eigenvalue weighted by molar-refractivity contribution is -0.385. The zero-order valence-corrected chi connectivity index (χ0v) is 8.39. The second-order valence-corrected chi connectivity index (χ2v) is 3.47. The van der Waals surface area contributed by atoms with E-state index in [9.17, 15) is 15.2 Å². The number of pyridine rings is 1. The van der Waals surface area contributed by atoms with Crippen molar-refractivity contribution < 1.29 is 10.0 Å². The van der Waals surface area contributed by atoms with Crippen molar-refractivity contribution >= 4 is 5.69 Å². The van der Waals surface area contributed by atoms with Gasteiger partial charge in [0.25, 0.3) is 5.69 Å². The quantitative estimate of drug-likeness (QED) is 0.424. The van der Waals surface area contributed by atoms with Crippen LogP contribution in [0.3, 0.4) is 0 Å². The summed E-state index contributed by atoms with van der Waals surface area (Å²) in [5.74, 6) is 5.18. The zero-order chi connectivity index (χ0) is 11.5. The van der Waals surface area contributed by atoms with Gasteiger partial charge in [0.05, 0.1) is 4.92 Å². The van der Waals surface area contributed by atoms with Crippen LogP contribution in [0, 0.1) is 22.0 Å². The molecule has 5 heteroatoms. The van der Waals surface area contributed by atoms with Crippen molar-refractivity contribution in [2.24, 2.45) is 0 Å². The van der Waals surface area contributed by atoms with E-state index in [0.29, 0.717) is 5.69 Å². The Morgan fingerprint density at radius 2 is 2.20 bits per heavy atom. The Labute approximate surface area is 86.9 Å². The average molecular weight is 206 g/mol. The summed E-state index contributed by atoms with van der Waals surface area (Å²) in [4.78, 5) is 13.6. The molecule has 1 heterocycles. The topological polar surface area (TPSA) is 76.3 Å². The minimum Gasteiger partial charge on any atom is -0.378 e. The Morgan fingerprint density at radius 1 is 1.53 bits per heavy atom. The predicted molar refractivity (Wildman–Crippen MR) is 54.1 cm³/mol. The highest BCUT2D eigenvalue weighted by Crippen LogP contribution is 2.08. The largest absolute Gasteiger partial charge is 0.378 e. The molecule has 0 aromatic carbocycles. The first-order chi connectivity index (χ1) is 6.88. The van der Waals surface area contributed by atoms with Crippen LogP contribution in [0.2, 0.25) is 0 Å². The fourth-order valence-corrected chi connectivity index (χ4v) is 0.785. The smallest absolute Gasteiger partial charge is 0.287 e. The summed E-state index contributed by atoms with van der Waals surface area (Å²) in [6, 6.07) is 2.76. The van der Waals surface area contributed by atoms with Crippen LogP contribution in [0.5, 0.6) is 0 Å². The van der Waals surface area contributed by atoms with Gasteiger partial charge in [0, 0.05) is 6.07 Å². The van der Waals surface area contributed by atoms with E-state index in [1.54, 1.807) is 13.8 Å². The average Bonchev–Trinajstić information content (AvgIpc) is 2.14. The molecule has 5 nitrogen and oxygen atoms in total. The van der Waals surface area contributed by atoms with E-state index in [-0.39, 0.29) is 5.69 Å². The number of aromatic nitrogens is 1. The zero-order valence-electron chi connectivity index (χ0n) is 8.39. The van der Waals surface area contributed by atoms with Crippen LogP contribution in [0.25, 0.3) is 0 Å². The molecule has 0 aliphatic rings. The Balaban J connectivity index is 2.89. The fraction of sp³-hybridized carbons (Fsp3) is 0.300. The van der Waals surface area contributed by atoms with Gasteiger partial charge in [-0.05, 0) is 25.8 Å². The van der Waals surface area contributed by atoms with Crippen molar-refractivity contribution in [1.82, 2.24) is 4.98 Å². The minimum atomic E-state index is -1.09. The van der Waals surface area contributed by atoms with Gasteiger partial charge in [0.1, 0.15) is 17.5 Å². The lowest BCUT2D eigenvalue weighted by Gasteiger charge is -2.05. The molecule has 0 saturated heterocycles. The molecule has 1 aromatic rings. The molecule has 1 N–H and O–H groups in total. The van der Waals surface area contributed by atoms with E-state index in [1.807, 2.05) is 0 Å². The Bertz CT molecular complexity index is 421. The van der Waals surface area contributed by atoms with Crippen LogP contribution in [-0.2, 0) is 0 Å².